The molecule has 1 aromatic rings. The molecule has 1 amide bonds. The van der Waals surface area contributed by atoms with Crippen LogP contribution in [0, 0.1) is 0 Å². The lowest BCUT2D eigenvalue weighted by atomic mass is 9.90. The first kappa shape index (κ1) is 18.0. The van der Waals surface area contributed by atoms with Gasteiger partial charge in [0.15, 0.2) is 0 Å². The first-order chi connectivity index (χ1) is 9.90. The zero-order valence-corrected chi connectivity index (χ0v) is 12.7. The minimum absolute atomic E-state index is 0.459. The number of rotatable bonds is 3. The van der Waals surface area contributed by atoms with Crippen molar-refractivity contribution in [2.75, 3.05) is 0 Å². The van der Waals surface area contributed by atoms with Gasteiger partial charge in [-0.3, -0.25) is 9.59 Å². The molecule has 0 aliphatic rings. The normalized spacial score (nSPS) is 14.9. The van der Waals surface area contributed by atoms with Crippen LogP contribution in [0.2, 0.25) is 0 Å². The zero-order valence-electron chi connectivity index (χ0n) is 12.7. The van der Waals surface area contributed by atoms with Gasteiger partial charge in [0, 0.05) is 18.0 Å². The number of hydrogen-bond donors (Lipinski definition) is 1. The lowest BCUT2D eigenvalue weighted by Crippen LogP contribution is -2.60. The molecular weight excluding hydrogens is 299 g/mol. The van der Waals surface area contributed by atoms with E-state index in [4.69, 9.17) is 0 Å². The van der Waals surface area contributed by atoms with E-state index in [1.807, 2.05) is 0 Å². The Bertz CT molecular complexity index is 549. The fourth-order valence-electron chi connectivity index (χ4n) is 1.90. The van der Waals surface area contributed by atoms with Gasteiger partial charge in [-0.2, -0.15) is 13.2 Å². The van der Waals surface area contributed by atoms with Crippen molar-refractivity contribution in [2.45, 2.75) is 45.0 Å². The molecule has 122 valence electrons. The predicted molar refractivity (Wildman–Crippen MR) is 73.8 cm³/mol. The Balaban J connectivity index is 3.53. The Labute approximate surface area is 126 Å². The minimum atomic E-state index is -5.12. The molecule has 0 aromatic heterocycles. The first-order valence-corrected chi connectivity index (χ1v) is 6.54. The number of benzene rings is 1. The molecule has 1 N–H and O–H groups in total. The van der Waals surface area contributed by atoms with E-state index < -0.39 is 34.8 Å². The third kappa shape index (κ3) is 3.78. The quantitative estimate of drug-likeness (QED) is 0.872. The second kappa shape index (κ2) is 5.98. The lowest BCUT2D eigenvalue weighted by Gasteiger charge is -2.36. The number of nitrogens with one attached hydrogen (secondary N) is 1. The predicted octanol–water partition coefficient (Wildman–Crippen LogP) is 2.92. The molecular formula is C15H18F3NO3. The van der Waals surface area contributed by atoms with E-state index >= 15 is 0 Å². The third-order valence-electron chi connectivity index (χ3n) is 2.68. The van der Waals surface area contributed by atoms with Crippen LogP contribution in [0.3, 0.4) is 0 Å². The van der Waals surface area contributed by atoms with Gasteiger partial charge < -0.3 is 10.1 Å². The van der Waals surface area contributed by atoms with Crippen LogP contribution in [0.25, 0.3) is 0 Å². The van der Waals surface area contributed by atoms with Crippen molar-refractivity contribution >= 4 is 11.9 Å². The highest BCUT2D eigenvalue weighted by molar-refractivity contribution is 5.90. The highest BCUT2D eigenvalue weighted by Crippen LogP contribution is 2.43. The topological polar surface area (TPSA) is 55.4 Å². The highest BCUT2D eigenvalue weighted by Gasteiger charge is 2.65. The average Bonchev–Trinajstić information content (AvgIpc) is 2.33. The Morgan fingerprint density at radius 1 is 1.05 bits per heavy atom. The summed E-state index contributed by atoms with van der Waals surface area (Å²) in [6, 6.07) is 6.37. The van der Waals surface area contributed by atoms with Crippen molar-refractivity contribution < 1.29 is 27.5 Å². The van der Waals surface area contributed by atoms with Crippen LogP contribution in [-0.4, -0.2) is 23.6 Å². The van der Waals surface area contributed by atoms with E-state index in [2.05, 4.69) is 10.1 Å². The molecule has 0 fully saturated rings. The van der Waals surface area contributed by atoms with Crippen molar-refractivity contribution in [1.82, 2.24) is 5.32 Å². The number of ether oxygens (including phenoxy) is 1. The maximum Gasteiger partial charge on any atom is 0.442 e. The number of amides is 1. The summed E-state index contributed by atoms with van der Waals surface area (Å²) in [4.78, 5) is 23.6. The third-order valence-corrected chi connectivity index (χ3v) is 2.68. The maximum absolute atomic E-state index is 13.7. The average molecular weight is 317 g/mol. The molecule has 0 unspecified atom stereocenters. The van der Waals surface area contributed by atoms with Crippen molar-refractivity contribution in [3.63, 3.8) is 0 Å². The maximum atomic E-state index is 13.7. The summed E-state index contributed by atoms with van der Waals surface area (Å²) < 4.78 is 45.6. The molecule has 4 nitrogen and oxygen atoms in total. The van der Waals surface area contributed by atoms with Crippen molar-refractivity contribution in [3.8, 4) is 0 Å². The molecule has 1 rings (SSSR count). The monoisotopic (exact) mass is 317 g/mol. The fourth-order valence-corrected chi connectivity index (χ4v) is 1.90. The smallest absolute Gasteiger partial charge is 0.434 e. The molecule has 0 bridgehead atoms. The molecule has 22 heavy (non-hydrogen) atoms. The van der Waals surface area contributed by atoms with Crippen LogP contribution in [0.5, 0.6) is 0 Å². The molecule has 0 aliphatic carbocycles. The molecule has 0 aliphatic heterocycles. The van der Waals surface area contributed by atoms with Gasteiger partial charge in [0.1, 0.15) is 0 Å². The SMILES string of the molecule is CC(=O)O[C@](C(=O)NC(C)(C)C)(c1ccccc1)C(F)(F)F. The van der Waals surface area contributed by atoms with Gasteiger partial charge in [-0.1, -0.05) is 30.3 Å². The summed E-state index contributed by atoms with van der Waals surface area (Å²) in [5, 5.41) is 2.23. The van der Waals surface area contributed by atoms with Gasteiger partial charge in [0.25, 0.3) is 5.91 Å². The summed E-state index contributed by atoms with van der Waals surface area (Å²) in [7, 11) is 0. The van der Waals surface area contributed by atoms with Crippen molar-refractivity contribution in [2.24, 2.45) is 0 Å². The molecule has 0 heterocycles. The Hall–Kier alpha value is -2.05. The summed E-state index contributed by atoms with van der Waals surface area (Å²) in [5.41, 5.74) is -4.77. The number of alkyl halides is 3. The van der Waals surface area contributed by atoms with Gasteiger partial charge in [0.05, 0.1) is 0 Å². The molecule has 1 aromatic carbocycles. The van der Waals surface area contributed by atoms with E-state index in [1.165, 1.54) is 39.0 Å². The summed E-state index contributed by atoms with van der Waals surface area (Å²) in [6.07, 6.45) is -5.12. The molecule has 1 atom stereocenters. The second-order valence-electron chi connectivity index (χ2n) is 5.84. The van der Waals surface area contributed by atoms with Gasteiger partial charge in [-0.05, 0) is 20.8 Å². The summed E-state index contributed by atoms with van der Waals surface area (Å²) in [5.74, 6) is -2.64. The molecule has 0 spiro atoms. The Morgan fingerprint density at radius 3 is 1.91 bits per heavy atom. The summed E-state index contributed by atoms with van der Waals surface area (Å²) in [6.45, 7) is 5.42. The van der Waals surface area contributed by atoms with Gasteiger partial charge in [-0.15, -0.1) is 0 Å². The van der Waals surface area contributed by atoms with Crippen LogP contribution < -0.4 is 5.32 Å². The van der Waals surface area contributed by atoms with Crippen LogP contribution in [-0.2, 0) is 19.9 Å². The highest BCUT2D eigenvalue weighted by atomic mass is 19.4. The van der Waals surface area contributed by atoms with Crippen molar-refractivity contribution in [3.05, 3.63) is 35.9 Å². The minimum Gasteiger partial charge on any atom is -0.434 e. The van der Waals surface area contributed by atoms with Crippen molar-refractivity contribution in [1.29, 1.82) is 0 Å². The van der Waals surface area contributed by atoms with Crippen LogP contribution >= 0.6 is 0 Å². The first-order valence-electron chi connectivity index (χ1n) is 6.54. The Morgan fingerprint density at radius 2 is 1.55 bits per heavy atom. The van der Waals surface area contributed by atoms with Crippen LogP contribution in [0.1, 0.15) is 33.3 Å². The second-order valence-corrected chi connectivity index (χ2v) is 5.84. The van der Waals surface area contributed by atoms with Gasteiger partial charge in [-0.25, -0.2) is 0 Å². The van der Waals surface area contributed by atoms with E-state index in [0.717, 1.165) is 19.1 Å². The molecule has 0 saturated heterocycles. The summed E-state index contributed by atoms with van der Waals surface area (Å²) >= 11 is 0. The number of carbonyl (C=O) groups is 2. The fraction of sp³-hybridized carbons (Fsp3) is 0.467. The molecule has 7 heteroatoms. The number of hydrogen-bond acceptors (Lipinski definition) is 3. The number of halogens is 3. The van der Waals surface area contributed by atoms with E-state index in [-0.39, 0.29) is 0 Å². The molecule has 0 saturated carbocycles. The van der Waals surface area contributed by atoms with Crippen LogP contribution in [0.15, 0.2) is 30.3 Å². The van der Waals surface area contributed by atoms with Gasteiger partial charge >= 0.3 is 17.7 Å². The zero-order chi connectivity index (χ0) is 17.2. The Kier molecular flexibility index (Phi) is 4.89. The van der Waals surface area contributed by atoms with E-state index in [1.54, 1.807) is 0 Å². The molecule has 0 radical (unpaired) electrons. The van der Waals surface area contributed by atoms with Crippen LogP contribution in [0.4, 0.5) is 13.2 Å². The lowest BCUT2D eigenvalue weighted by molar-refractivity contribution is -0.266. The van der Waals surface area contributed by atoms with Gasteiger partial charge in [0.2, 0.25) is 0 Å². The van der Waals surface area contributed by atoms with E-state index in [9.17, 15) is 22.8 Å². The largest absolute Gasteiger partial charge is 0.442 e. The number of carbonyl (C=O) groups excluding carboxylic acids is 2. The van der Waals surface area contributed by atoms with E-state index in [0.29, 0.717) is 0 Å². The standard InChI is InChI=1S/C15H18F3NO3/c1-10(20)22-14(15(16,17)18,11-8-6-5-7-9-11)12(21)19-13(2,3)4/h5-9H,1-4H3,(H,19,21)/t14-/m0/s1. The number of esters is 1.